The Morgan fingerprint density at radius 3 is 2.82 bits per heavy atom. The summed E-state index contributed by atoms with van der Waals surface area (Å²) < 4.78 is 0. The van der Waals surface area contributed by atoms with Gasteiger partial charge in [-0.2, -0.15) is 0 Å². The lowest BCUT2D eigenvalue weighted by molar-refractivity contribution is -0.924. The Morgan fingerprint density at radius 1 is 1.14 bits per heavy atom. The van der Waals surface area contributed by atoms with Gasteiger partial charge in [-0.1, -0.05) is 42.6 Å². The molecule has 1 aromatic carbocycles. The number of hydrogen-bond acceptors (Lipinski definition) is 3. The fourth-order valence-electron chi connectivity index (χ4n) is 5.15. The zero-order chi connectivity index (χ0) is 19.1. The second kappa shape index (κ2) is 7.62. The normalized spacial score (nSPS) is 25.0. The Labute approximate surface area is 173 Å². The first-order chi connectivity index (χ1) is 13.7. The van der Waals surface area contributed by atoms with E-state index in [1.54, 1.807) is 4.90 Å². The molecule has 3 aromatic rings. The van der Waals surface area contributed by atoms with E-state index in [0.29, 0.717) is 10.4 Å². The third-order valence-electron chi connectivity index (χ3n) is 6.56. The number of H-pyrrole nitrogens is 1. The maximum Gasteiger partial charge on any atom is 0.260 e. The molecular weight excluding hydrogens is 390 g/mol. The van der Waals surface area contributed by atoms with E-state index in [-0.39, 0.29) is 5.56 Å². The molecule has 0 radical (unpaired) electrons. The summed E-state index contributed by atoms with van der Waals surface area (Å²) in [5.41, 5.74) is 1.71. The third kappa shape index (κ3) is 3.40. The highest BCUT2D eigenvalue weighted by atomic mass is 35.5. The zero-order valence-corrected chi connectivity index (χ0v) is 17.4. The van der Waals surface area contributed by atoms with Crippen molar-refractivity contribution < 1.29 is 4.90 Å². The Hall–Kier alpha value is -1.69. The van der Waals surface area contributed by atoms with E-state index in [4.69, 9.17) is 16.6 Å². The second-order valence-electron chi connectivity index (χ2n) is 8.30. The summed E-state index contributed by atoms with van der Waals surface area (Å²) in [5, 5.41) is 3.31. The Balaban J connectivity index is 1.42. The Bertz CT molecular complexity index is 1060. The van der Waals surface area contributed by atoms with Crippen molar-refractivity contribution in [2.45, 2.75) is 38.6 Å². The van der Waals surface area contributed by atoms with Crippen LogP contribution in [0.1, 0.15) is 37.9 Å². The number of fused-ring (bicyclic) bond motifs is 2. The molecule has 5 rings (SSSR count). The van der Waals surface area contributed by atoms with Gasteiger partial charge in [-0.3, -0.25) is 4.79 Å². The van der Waals surface area contributed by atoms with Gasteiger partial charge in [0, 0.05) is 27.4 Å². The molecule has 2 N–H and O–H groups in total. The van der Waals surface area contributed by atoms with Crippen LogP contribution in [0.5, 0.6) is 0 Å². The summed E-state index contributed by atoms with van der Waals surface area (Å²) >= 11 is 7.88. The van der Waals surface area contributed by atoms with Crippen molar-refractivity contribution in [1.82, 2.24) is 9.97 Å². The number of likely N-dealkylation sites (tertiary alicyclic amines) is 1. The molecule has 0 spiro atoms. The van der Waals surface area contributed by atoms with Gasteiger partial charge in [0.25, 0.3) is 5.56 Å². The summed E-state index contributed by atoms with van der Waals surface area (Å²) in [6, 6.07) is 7.66. The molecule has 28 heavy (non-hydrogen) atoms. The molecule has 1 saturated heterocycles. The van der Waals surface area contributed by atoms with Crippen LogP contribution in [0, 0.1) is 11.8 Å². The van der Waals surface area contributed by atoms with Crippen LogP contribution in [0.25, 0.3) is 21.3 Å². The van der Waals surface area contributed by atoms with E-state index in [1.165, 1.54) is 56.5 Å². The summed E-state index contributed by atoms with van der Waals surface area (Å²) in [6.07, 6.45) is 6.91. The quantitative estimate of drug-likeness (QED) is 0.682. The van der Waals surface area contributed by atoms with Crippen molar-refractivity contribution >= 4 is 33.2 Å². The molecule has 1 aliphatic heterocycles. The van der Waals surface area contributed by atoms with E-state index >= 15 is 0 Å². The van der Waals surface area contributed by atoms with E-state index in [2.05, 4.69) is 4.98 Å². The predicted molar refractivity (Wildman–Crippen MR) is 115 cm³/mol. The Kier molecular flexibility index (Phi) is 4.99. The Morgan fingerprint density at radius 2 is 1.96 bits per heavy atom. The first kappa shape index (κ1) is 18.3. The highest BCUT2D eigenvalue weighted by Crippen LogP contribution is 2.35. The number of piperidine rings is 1. The number of aromatic nitrogens is 2. The summed E-state index contributed by atoms with van der Waals surface area (Å²) in [6.45, 7) is 3.23. The number of quaternary nitrogens is 1. The summed E-state index contributed by atoms with van der Waals surface area (Å²) in [4.78, 5) is 23.1. The van der Waals surface area contributed by atoms with Crippen molar-refractivity contribution in [2.24, 2.45) is 11.8 Å². The molecule has 1 saturated carbocycles. The fraction of sp³-hybridized carbons (Fsp3) is 0.455. The van der Waals surface area contributed by atoms with Gasteiger partial charge in [0.1, 0.15) is 11.4 Å². The lowest BCUT2D eigenvalue weighted by Gasteiger charge is -2.38. The predicted octanol–water partition coefficient (Wildman–Crippen LogP) is 3.90. The van der Waals surface area contributed by atoms with E-state index in [1.807, 2.05) is 29.6 Å². The van der Waals surface area contributed by atoms with Crippen molar-refractivity contribution in [3.05, 3.63) is 50.8 Å². The van der Waals surface area contributed by atoms with Gasteiger partial charge in [0.15, 0.2) is 5.82 Å². The third-order valence-corrected chi connectivity index (χ3v) is 7.76. The van der Waals surface area contributed by atoms with Gasteiger partial charge in [0.05, 0.1) is 18.5 Å². The average molecular weight is 415 g/mol. The first-order valence-electron chi connectivity index (χ1n) is 10.3. The van der Waals surface area contributed by atoms with Crippen LogP contribution in [0.2, 0.25) is 5.02 Å². The first-order valence-corrected chi connectivity index (χ1v) is 11.5. The average Bonchev–Trinajstić information content (AvgIpc) is 3.12. The number of nitrogens with zero attached hydrogens (tertiary/aromatic N) is 1. The highest BCUT2D eigenvalue weighted by molar-refractivity contribution is 7.17. The van der Waals surface area contributed by atoms with Crippen LogP contribution in [0.3, 0.4) is 0 Å². The number of aromatic amines is 1. The zero-order valence-electron chi connectivity index (χ0n) is 15.8. The minimum Gasteiger partial charge on any atom is -0.328 e. The minimum absolute atomic E-state index is 0.0527. The molecule has 3 heterocycles. The largest absolute Gasteiger partial charge is 0.328 e. The minimum atomic E-state index is -0.0527. The number of benzene rings is 1. The van der Waals surface area contributed by atoms with Gasteiger partial charge in [-0.25, -0.2) is 4.98 Å². The summed E-state index contributed by atoms with van der Waals surface area (Å²) in [5.74, 6) is 2.61. The second-order valence-corrected chi connectivity index (χ2v) is 9.56. The summed E-state index contributed by atoms with van der Waals surface area (Å²) in [7, 11) is 0. The maximum absolute atomic E-state index is 12.9. The van der Waals surface area contributed by atoms with Gasteiger partial charge >= 0.3 is 0 Å². The van der Waals surface area contributed by atoms with Crippen molar-refractivity contribution in [3.8, 4) is 11.1 Å². The molecule has 0 bridgehead atoms. The lowest BCUT2D eigenvalue weighted by Crippen LogP contribution is -3.12. The van der Waals surface area contributed by atoms with Crippen LogP contribution in [-0.2, 0) is 6.54 Å². The van der Waals surface area contributed by atoms with Crippen LogP contribution in [-0.4, -0.2) is 23.1 Å². The van der Waals surface area contributed by atoms with Gasteiger partial charge < -0.3 is 9.88 Å². The van der Waals surface area contributed by atoms with Gasteiger partial charge in [0.2, 0.25) is 0 Å². The highest BCUT2D eigenvalue weighted by Gasteiger charge is 2.33. The van der Waals surface area contributed by atoms with Crippen LogP contribution in [0.4, 0.5) is 0 Å². The maximum atomic E-state index is 12.9. The van der Waals surface area contributed by atoms with Crippen LogP contribution >= 0.6 is 22.9 Å². The molecule has 3 atom stereocenters. The van der Waals surface area contributed by atoms with Crippen molar-refractivity contribution in [3.63, 3.8) is 0 Å². The number of halogens is 1. The molecular formula is C22H25ClN3OS+. The van der Waals surface area contributed by atoms with Gasteiger partial charge in [-0.15, -0.1) is 11.3 Å². The molecule has 2 aromatic heterocycles. The lowest BCUT2D eigenvalue weighted by atomic mass is 9.75. The smallest absolute Gasteiger partial charge is 0.260 e. The topological polar surface area (TPSA) is 50.2 Å². The molecule has 146 valence electrons. The van der Waals surface area contributed by atoms with Crippen molar-refractivity contribution in [2.75, 3.05) is 13.1 Å². The van der Waals surface area contributed by atoms with Gasteiger partial charge in [-0.05, 0) is 31.2 Å². The molecule has 0 amide bonds. The molecule has 2 fully saturated rings. The monoisotopic (exact) mass is 414 g/mol. The van der Waals surface area contributed by atoms with Crippen LogP contribution < -0.4 is 10.5 Å². The van der Waals surface area contributed by atoms with Crippen LogP contribution in [0.15, 0.2) is 34.4 Å². The molecule has 6 heteroatoms. The molecule has 1 aliphatic carbocycles. The fourth-order valence-corrected chi connectivity index (χ4v) is 6.34. The number of nitrogens with one attached hydrogen (secondary N) is 2. The molecule has 2 aliphatic rings. The number of rotatable bonds is 3. The van der Waals surface area contributed by atoms with E-state index in [0.717, 1.165) is 40.2 Å². The standard InChI is InChI=1S/C22H24ClN3OS/c23-18-8-4-3-7-16(18)17-13-28-22-20(17)21(27)24-19(25-22)12-26-10-9-14-5-1-2-6-15(14)11-26/h3-4,7-8,13-15H,1-2,5-6,9-12H2,(H,24,25,27)/p+1/t14-,15-/m1/s1. The number of thiophene rings is 1. The van der Waals surface area contributed by atoms with Crippen molar-refractivity contribution in [1.29, 1.82) is 0 Å². The van der Waals surface area contributed by atoms with E-state index < -0.39 is 0 Å². The SMILES string of the molecule is O=c1[nH]c(C[NH+]2CC[C@H]3CCCC[C@@H]3C2)nc2scc(-c3ccccc3Cl)c12. The molecule has 4 nitrogen and oxygen atoms in total. The van der Waals surface area contributed by atoms with E-state index in [9.17, 15) is 4.79 Å². The number of hydrogen-bond donors (Lipinski definition) is 2. The molecule has 1 unspecified atom stereocenters.